The molecule has 15 heavy (non-hydrogen) atoms. The predicted molar refractivity (Wildman–Crippen MR) is 65.1 cm³/mol. The van der Waals surface area contributed by atoms with Gasteiger partial charge in [0.05, 0.1) is 0 Å². The van der Waals surface area contributed by atoms with Gasteiger partial charge in [0.25, 0.3) is 0 Å². The molecular formula is C13H26N2. The zero-order valence-electron chi connectivity index (χ0n) is 10.4. The normalized spacial score (nSPS) is 30.0. The minimum atomic E-state index is 0.313. The zero-order chi connectivity index (χ0) is 10.7. The highest BCUT2D eigenvalue weighted by molar-refractivity contribution is 4.88. The number of hydrogen-bond donors (Lipinski definition) is 1. The first kappa shape index (κ1) is 11.4. The molecule has 2 rings (SSSR count). The molecule has 1 saturated carbocycles. The molecule has 0 radical (unpaired) electrons. The molecule has 0 aromatic rings. The van der Waals surface area contributed by atoms with Gasteiger partial charge in [0.2, 0.25) is 0 Å². The molecule has 1 aliphatic carbocycles. The Morgan fingerprint density at radius 2 is 1.80 bits per heavy atom. The predicted octanol–water partition coefficient (Wildman–Crippen LogP) is 2.39. The molecule has 1 N–H and O–H groups in total. The van der Waals surface area contributed by atoms with Crippen molar-refractivity contribution in [2.75, 3.05) is 19.6 Å². The van der Waals surface area contributed by atoms with Gasteiger partial charge in [-0.25, -0.2) is 0 Å². The van der Waals surface area contributed by atoms with E-state index in [2.05, 4.69) is 24.1 Å². The van der Waals surface area contributed by atoms with E-state index in [4.69, 9.17) is 0 Å². The van der Waals surface area contributed by atoms with Crippen molar-refractivity contribution < 1.29 is 0 Å². The van der Waals surface area contributed by atoms with Gasteiger partial charge in [0, 0.05) is 18.1 Å². The van der Waals surface area contributed by atoms with Crippen LogP contribution in [0.5, 0.6) is 0 Å². The molecule has 2 heteroatoms. The van der Waals surface area contributed by atoms with Crippen molar-refractivity contribution >= 4 is 0 Å². The van der Waals surface area contributed by atoms with Gasteiger partial charge >= 0.3 is 0 Å². The van der Waals surface area contributed by atoms with Crippen molar-refractivity contribution in [3.05, 3.63) is 0 Å². The van der Waals surface area contributed by atoms with Crippen LogP contribution in [-0.2, 0) is 0 Å². The summed E-state index contributed by atoms with van der Waals surface area (Å²) in [7, 11) is 0. The zero-order valence-corrected chi connectivity index (χ0v) is 10.4. The molecule has 0 unspecified atom stereocenters. The van der Waals surface area contributed by atoms with Gasteiger partial charge in [-0.2, -0.15) is 0 Å². The standard InChI is InChI=1S/C13H26N2/c1-13(2)11-15(10-6-9-14-13)12-7-4-3-5-8-12/h12,14H,3-11H2,1-2H3. The van der Waals surface area contributed by atoms with Crippen LogP contribution in [0.25, 0.3) is 0 Å². The first-order chi connectivity index (χ1) is 7.17. The van der Waals surface area contributed by atoms with Crippen molar-refractivity contribution in [3.8, 4) is 0 Å². The maximum atomic E-state index is 3.65. The average molecular weight is 210 g/mol. The Balaban J connectivity index is 1.94. The van der Waals surface area contributed by atoms with Gasteiger partial charge < -0.3 is 5.32 Å². The fourth-order valence-corrected chi connectivity index (χ4v) is 3.11. The fraction of sp³-hybridized carbons (Fsp3) is 1.00. The molecule has 0 aromatic carbocycles. The minimum Gasteiger partial charge on any atom is -0.310 e. The number of nitrogens with zero attached hydrogens (tertiary/aromatic N) is 1. The molecule has 0 amide bonds. The van der Waals surface area contributed by atoms with E-state index in [-0.39, 0.29) is 0 Å². The van der Waals surface area contributed by atoms with Crippen LogP contribution >= 0.6 is 0 Å². The van der Waals surface area contributed by atoms with E-state index in [1.54, 1.807) is 0 Å². The van der Waals surface area contributed by atoms with Crippen molar-refractivity contribution in [2.24, 2.45) is 0 Å². The summed E-state index contributed by atoms with van der Waals surface area (Å²) in [5, 5.41) is 3.65. The second-order valence-electron chi connectivity index (χ2n) is 5.93. The maximum absolute atomic E-state index is 3.65. The van der Waals surface area contributed by atoms with Crippen molar-refractivity contribution in [2.45, 2.75) is 64.0 Å². The summed E-state index contributed by atoms with van der Waals surface area (Å²) in [6.07, 6.45) is 8.57. The molecule has 88 valence electrons. The largest absolute Gasteiger partial charge is 0.310 e. The molecule has 0 aromatic heterocycles. The van der Waals surface area contributed by atoms with Gasteiger partial charge in [-0.3, -0.25) is 4.90 Å². The minimum absolute atomic E-state index is 0.313. The van der Waals surface area contributed by atoms with Crippen molar-refractivity contribution in [3.63, 3.8) is 0 Å². The van der Waals surface area contributed by atoms with Crippen LogP contribution in [0.15, 0.2) is 0 Å². The van der Waals surface area contributed by atoms with E-state index in [1.807, 2.05) is 0 Å². The van der Waals surface area contributed by atoms with Crippen LogP contribution in [0.4, 0.5) is 0 Å². The Labute approximate surface area is 94.4 Å². The van der Waals surface area contributed by atoms with E-state index in [0.717, 1.165) is 6.04 Å². The van der Waals surface area contributed by atoms with Crippen LogP contribution in [0, 0.1) is 0 Å². The van der Waals surface area contributed by atoms with Crippen LogP contribution in [0.3, 0.4) is 0 Å². The van der Waals surface area contributed by atoms with Crippen LogP contribution in [0.2, 0.25) is 0 Å². The Kier molecular flexibility index (Phi) is 3.68. The summed E-state index contributed by atoms with van der Waals surface area (Å²) in [5.74, 6) is 0. The lowest BCUT2D eigenvalue weighted by Gasteiger charge is -2.37. The van der Waals surface area contributed by atoms with E-state index in [1.165, 1.54) is 58.2 Å². The monoisotopic (exact) mass is 210 g/mol. The SMILES string of the molecule is CC1(C)CN(C2CCCCC2)CCCN1. The van der Waals surface area contributed by atoms with Crippen LogP contribution in [-0.4, -0.2) is 36.1 Å². The summed E-state index contributed by atoms with van der Waals surface area (Å²) in [4.78, 5) is 2.75. The van der Waals surface area contributed by atoms with Crippen LogP contribution in [0.1, 0.15) is 52.4 Å². The number of nitrogens with one attached hydrogen (secondary N) is 1. The average Bonchev–Trinajstić information content (AvgIpc) is 2.41. The Bertz CT molecular complexity index is 195. The molecule has 2 fully saturated rings. The molecule has 1 saturated heterocycles. The van der Waals surface area contributed by atoms with Gasteiger partial charge in [0.15, 0.2) is 0 Å². The summed E-state index contributed by atoms with van der Waals surface area (Å²) < 4.78 is 0. The summed E-state index contributed by atoms with van der Waals surface area (Å²) >= 11 is 0. The molecule has 2 aliphatic rings. The Morgan fingerprint density at radius 1 is 1.07 bits per heavy atom. The lowest BCUT2D eigenvalue weighted by Crippen LogP contribution is -2.49. The highest BCUT2D eigenvalue weighted by Crippen LogP contribution is 2.25. The molecule has 0 atom stereocenters. The summed E-state index contributed by atoms with van der Waals surface area (Å²) in [5.41, 5.74) is 0.313. The first-order valence-corrected chi connectivity index (χ1v) is 6.66. The molecule has 2 nitrogen and oxygen atoms in total. The highest BCUT2D eigenvalue weighted by Gasteiger charge is 2.28. The Morgan fingerprint density at radius 3 is 2.53 bits per heavy atom. The van der Waals surface area contributed by atoms with E-state index >= 15 is 0 Å². The lowest BCUT2D eigenvalue weighted by atomic mass is 9.93. The van der Waals surface area contributed by atoms with Gasteiger partial charge in [-0.05, 0) is 46.2 Å². The lowest BCUT2D eigenvalue weighted by molar-refractivity contribution is 0.136. The van der Waals surface area contributed by atoms with Gasteiger partial charge in [-0.1, -0.05) is 19.3 Å². The molecule has 0 spiro atoms. The Hall–Kier alpha value is -0.0800. The first-order valence-electron chi connectivity index (χ1n) is 6.66. The van der Waals surface area contributed by atoms with Crippen molar-refractivity contribution in [1.29, 1.82) is 0 Å². The summed E-state index contributed by atoms with van der Waals surface area (Å²) in [6.45, 7) is 8.41. The highest BCUT2D eigenvalue weighted by atomic mass is 15.2. The van der Waals surface area contributed by atoms with Gasteiger partial charge in [0.1, 0.15) is 0 Å². The maximum Gasteiger partial charge on any atom is 0.0252 e. The third-order valence-corrected chi connectivity index (χ3v) is 3.92. The van der Waals surface area contributed by atoms with E-state index < -0.39 is 0 Å². The number of hydrogen-bond acceptors (Lipinski definition) is 2. The topological polar surface area (TPSA) is 15.3 Å². The second-order valence-corrected chi connectivity index (χ2v) is 5.93. The summed E-state index contributed by atoms with van der Waals surface area (Å²) in [6, 6.07) is 0.887. The number of rotatable bonds is 1. The van der Waals surface area contributed by atoms with Crippen molar-refractivity contribution in [1.82, 2.24) is 10.2 Å². The molecule has 0 bridgehead atoms. The molecular weight excluding hydrogens is 184 g/mol. The molecule has 1 aliphatic heterocycles. The van der Waals surface area contributed by atoms with E-state index in [0.29, 0.717) is 5.54 Å². The van der Waals surface area contributed by atoms with Crippen LogP contribution < -0.4 is 5.32 Å². The molecule has 1 heterocycles. The second kappa shape index (κ2) is 4.84. The van der Waals surface area contributed by atoms with E-state index in [9.17, 15) is 0 Å². The quantitative estimate of drug-likeness (QED) is 0.715. The van der Waals surface area contributed by atoms with Gasteiger partial charge in [-0.15, -0.1) is 0 Å². The third-order valence-electron chi connectivity index (χ3n) is 3.92. The fourth-order valence-electron chi connectivity index (χ4n) is 3.11. The smallest absolute Gasteiger partial charge is 0.0252 e. The third kappa shape index (κ3) is 3.18.